The summed E-state index contributed by atoms with van der Waals surface area (Å²) in [5, 5.41) is 0. The maximum atomic E-state index is 12.0. The van der Waals surface area contributed by atoms with Crippen LogP contribution in [-0.2, 0) is 22.8 Å². The van der Waals surface area contributed by atoms with Gasteiger partial charge in [0.15, 0.2) is 9.84 Å². The lowest BCUT2D eigenvalue weighted by Crippen LogP contribution is -2.32. The maximum Gasteiger partial charge on any atom is 0.156 e. The standard InChI is InChI=1S/C11H21N3O2S/c1-11(2,3)17(15,16)9-8-14-7-6-13-10(14)4-5-12/h6-7H,4-5,8-9,12H2,1-3H3. The molecule has 0 saturated heterocycles. The number of aryl methyl sites for hydroxylation is 1. The maximum absolute atomic E-state index is 12.0. The Morgan fingerprint density at radius 3 is 2.59 bits per heavy atom. The number of nitrogens with two attached hydrogens (primary N) is 1. The molecule has 98 valence electrons. The Morgan fingerprint density at radius 1 is 1.41 bits per heavy atom. The molecule has 0 aromatic carbocycles. The van der Waals surface area contributed by atoms with Crippen LogP contribution in [0.4, 0.5) is 0 Å². The summed E-state index contributed by atoms with van der Waals surface area (Å²) >= 11 is 0. The lowest BCUT2D eigenvalue weighted by Gasteiger charge is -2.19. The molecule has 0 amide bonds. The first-order valence-corrected chi connectivity index (χ1v) is 7.35. The van der Waals surface area contributed by atoms with E-state index in [1.54, 1.807) is 33.2 Å². The molecule has 17 heavy (non-hydrogen) atoms. The summed E-state index contributed by atoms with van der Waals surface area (Å²) < 4.78 is 25.1. The Morgan fingerprint density at radius 2 is 2.06 bits per heavy atom. The average molecular weight is 259 g/mol. The van der Waals surface area contributed by atoms with E-state index in [-0.39, 0.29) is 5.75 Å². The fourth-order valence-electron chi connectivity index (χ4n) is 1.43. The van der Waals surface area contributed by atoms with Crippen molar-refractivity contribution in [1.82, 2.24) is 9.55 Å². The number of hydrogen-bond acceptors (Lipinski definition) is 4. The van der Waals surface area contributed by atoms with Crippen molar-refractivity contribution in [2.45, 2.75) is 38.5 Å². The molecular weight excluding hydrogens is 238 g/mol. The van der Waals surface area contributed by atoms with Crippen LogP contribution in [0.3, 0.4) is 0 Å². The van der Waals surface area contributed by atoms with Gasteiger partial charge < -0.3 is 10.3 Å². The molecule has 2 N–H and O–H groups in total. The van der Waals surface area contributed by atoms with Gasteiger partial charge in [0, 0.05) is 25.4 Å². The van der Waals surface area contributed by atoms with Crippen LogP contribution in [0.1, 0.15) is 26.6 Å². The van der Waals surface area contributed by atoms with E-state index in [0.29, 0.717) is 19.5 Å². The molecule has 0 saturated carbocycles. The van der Waals surface area contributed by atoms with Crippen LogP contribution in [0.5, 0.6) is 0 Å². The molecule has 0 unspecified atom stereocenters. The zero-order chi connectivity index (χ0) is 13.1. The smallest absolute Gasteiger partial charge is 0.156 e. The molecule has 0 aliphatic rings. The first-order chi connectivity index (χ1) is 7.78. The first-order valence-electron chi connectivity index (χ1n) is 5.70. The van der Waals surface area contributed by atoms with E-state index in [0.717, 1.165) is 5.82 Å². The molecule has 0 spiro atoms. The molecule has 1 heterocycles. The third-order valence-electron chi connectivity index (χ3n) is 2.70. The second kappa shape index (κ2) is 5.18. The molecule has 0 aliphatic heterocycles. The van der Waals surface area contributed by atoms with E-state index in [1.807, 2.05) is 4.57 Å². The summed E-state index contributed by atoms with van der Waals surface area (Å²) in [6.07, 6.45) is 4.14. The molecule has 0 fully saturated rings. The molecule has 1 rings (SSSR count). The van der Waals surface area contributed by atoms with Gasteiger partial charge in [0.05, 0.1) is 10.5 Å². The second-order valence-corrected chi connectivity index (χ2v) is 7.87. The molecule has 0 atom stereocenters. The van der Waals surface area contributed by atoms with Gasteiger partial charge in [-0.25, -0.2) is 13.4 Å². The van der Waals surface area contributed by atoms with Gasteiger partial charge in [-0.3, -0.25) is 0 Å². The fraction of sp³-hybridized carbons (Fsp3) is 0.727. The zero-order valence-corrected chi connectivity index (χ0v) is 11.5. The van der Waals surface area contributed by atoms with E-state index >= 15 is 0 Å². The Kier molecular flexibility index (Phi) is 4.32. The summed E-state index contributed by atoms with van der Waals surface area (Å²) in [7, 11) is -3.09. The van der Waals surface area contributed by atoms with E-state index in [4.69, 9.17) is 5.73 Å². The monoisotopic (exact) mass is 259 g/mol. The highest BCUT2D eigenvalue weighted by Gasteiger charge is 2.28. The van der Waals surface area contributed by atoms with E-state index in [9.17, 15) is 8.42 Å². The Balaban J connectivity index is 2.71. The average Bonchev–Trinajstić information content (AvgIpc) is 2.61. The lowest BCUT2D eigenvalue weighted by molar-refractivity contribution is 0.552. The predicted molar refractivity (Wildman–Crippen MR) is 68.5 cm³/mol. The van der Waals surface area contributed by atoms with Crippen molar-refractivity contribution in [3.8, 4) is 0 Å². The fourth-order valence-corrected chi connectivity index (χ4v) is 2.48. The third-order valence-corrected chi connectivity index (χ3v) is 5.29. The van der Waals surface area contributed by atoms with Crippen LogP contribution in [0.25, 0.3) is 0 Å². The molecule has 0 radical (unpaired) electrons. The van der Waals surface area contributed by atoms with Gasteiger partial charge in [-0.05, 0) is 27.3 Å². The molecule has 0 bridgehead atoms. The van der Waals surface area contributed by atoms with Crippen molar-refractivity contribution < 1.29 is 8.42 Å². The second-order valence-electron chi connectivity index (χ2n) is 5.01. The van der Waals surface area contributed by atoms with Crippen molar-refractivity contribution in [1.29, 1.82) is 0 Å². The van der Waals surface area contributed by atoms with Gasteiger partial charge in [0.2, 0.25) is 0 Å². The lowest BCUT2D eigenvalue weighted by atomic mass is 10.3. The summed E-state index contributed by atoms with van der Waals surface area (Å²) in [6, 6.07) is 0. The summed E-state index contributed by atoms with van der Waals surface area (Å²) in [4.78, 5) is 4.16. The van der Waals surface area contributed by atoms with Crippen LogP contribution < -0.4 is 5.73 Å². The number of imidazole rings is 1. The van der Waals surface area contributed by atoms with Gasteiger partial charge in [0.25, 0.3) is 0 Å². The largest absolute Gasteiger partial charge is 0.334 e. The van der Waals surface area contributed by atoms with Gasteiger partial charge in [0.1, 0.15) is 5.82 Å². The molecule has 0 aliphatic carbocycles. The van der Waals surface area contributed by atoms with Crippen molar-refractivity contribution in [3.05, 3.63) is 18.2 Å². The van der Waals surface area contributed by atoms with Crippen LogP contribution in [0.2, 0.25) is 0 Å². The van der Waals surface area contributed by atoms with E-state index < -0.39 is 14.6 Å². The minimum Gasteiger partial charge on any atom is -0.334 e. The molecular formula is C11H21N3O2S. The normalized spacial score (nSPS) is 12.9. The highest BCUT2D eigenvalue weighted by molar-refractivity contribution is 7.92. The predicted octanol–water partition coefficient (Wildman–Crippen LogP) is 0.598. The molecule has 1 aromatic heterocycles. The number of nitrogens with zero attached hydrogens (tertiary/aromatic N) is 2. The Labute approximate surface area is 103 Å². The third kappa shape index (κ3) is 3.54. The number of aromatic nitrogens is 2. The van der Waals surface area contributed by atoms with Crippen LogP contribution in [0.15, 0.2) is 12.4 Å². The van der Waals surface area contributed by atoms with Gasteiger partial charge in [-0.1, -0.05) is 0 Å². The van der Waals surface area contributed by atoms with Crippen LogP contribution >= 0.6 is 0 Å². The van der Waals surface area contributed by atoms with Crippen molar-refractivity contribution >= 4 is 9.84 Å². The minimum atomic E-state index is -3.09. The van der Waals surface area contributed by atoms with E-state index in [2.05, 4.69) is 4.98 Å². The van der Waals surface area contributed by atoms with Gasteiger partial charge >= 0.3 is 0 Å². The van der Waals surface area contributed by atoms with Crippen LogP contribution in [-0.4, -0.2) is 35.0 Å². The number of hydrogen-bond donors (Lipinski definition) is 1. The van der Waals surface area contributed by atoms with E-state index in [1.165, 1.54) is 0 Å². The van der Waals surface area contributed by atoms with Crippen molar-refractivity contribution in [2.24, 2.45) is 5.73 Å². The molecule has 1 aromatic rings. The quantitative estimate of drug-likeness (QED) is 0.840. The molecule has 5 nitrogen and oxygen atoms in total. The highest BCUT2D eigenvalue weighted by atomic mass is 32.2. The molecule has 6 heteroatoms. The Hall–Kier alpha value is -0.880. The summed E-state index contributed by atoms with van der Waals surface area (Å²) in [5.74, 6) is 0.973. The number of rotatable bonds is 5. The summed E-state index contributed by atoms with van der Waals surface area (Å²) in [5.41, 5.74) is 5.47. The number of sulfone groups is 1. The topological polar surface area (TPSA) is 78.0 Å². The van der Waals surface area contributed by atoms with Crippen molar-refractivity contribution in [3.63, 3.8) is 0 Å². The minimum absolute atomic E-state index is 0.129. The Bertz CT molecular complexity index is 457. The van der Waals surface area contributed by atoms with Gasteiger partial charge in [-0.15, -0.1) is 0 Å². The highest BCUT2D eigenvalue weighted by Crippen LogP contribution is 2.16. The SMILES string of the molecule is CC(C)(C)S(=O)(=O)CCn1ccnc1CCN. The first kappa shape index (κ1) is 14.2. The van der Waals surface area contributed by atoms with Crippen molar-refractivity contribution in [2.75, 3.05) is 12.3 Å². The van der Waals surface area contributed by atoms with Gasteiger partial charge in [-0.2, -0.15) is 0 Å². The van der Waals surface area contributed by atoms with Crippen LogP contribution in [0, 0.1) is 0 Å². The summed E-state index contributed by atoms with van der Waals surface area (Å²) in [6.45, 7) is 6.11. The zero-order valence-electron chi connectivity index (χ0n) is 10.7.